The van der Waals surface area contributed by atoms with Gasteiger partial charge in [0.05, 0.1) is 6.54 Å². The van der Waals surface area contributed by atoms with Gasteiger partial charge in [0.15, 0.2) is 0 Å². The minimum absolute atomic E-state index is 0.317. The van der Waals surface area contributed by atoms with Crippen LogP contribution in [0.4, 0.5) is 11.6 Å². The fourth-order valence-electron chi connectivity index (χ4n) is 2.09. The molecule has 2 N–H and O–H groups in total. The molecule has 0 aliphatic carbocycles. The SMILES string of the molecule is CCNc1cc(NCc2sccc2CC)nc(C(C)C)n1. The third-order valence-corrected chi connectivity index (χ3v) is 4.23. The molecule has 2 aromatic heterocycles. The Hall–Kier alpha value is -1.62. The summed E-state index contributed by atoms with van der Waals surface area (Å²) in [5.41, 5.74) is 1.41. The molecule has 0 bridgehead atoms. The lowest BCUT2D eigenvalue weighted by Crippen LogP contribution is -2.09. The first-order chi connectivity index (χ1) is 10.1. The van der Waals surface area contributed by atoms with Crippen LogP contribution in [0.25, 0.3) is 0 Å². The summed E-state index contributed by atoms with van der Waals surface area (Å²) >= 11 is 1.80. The highest BCUT2D eigenvalue weighted by atomic mass is 32.1. The first-order valence-electron chi connectivity index (χ1n) is 7.56. The second-order valence-corrected chi connectivity index (χ2v) is 6.26. The van der Waals surface area contributed by atoms with Crippen LogP contribution in [0, 0.1) is 0 Å². The highest BCUT2D eigenvalue weighted by Gasteiger charge is 2.09. The average molecular weight is 304 g/mol. The van der Waals surface area contributed by atoms with Crippen LogP contribution in [0.15, 0.2) is 17.5 Å². The van der Waals surface area contributed by atoms with Crippen molar-refractivity contribution in [1.29, 1.82) is 0 Å². The minimum atomic E-state index is 0.317. The molecule has 0 spiro atoms. The standard InChI is InChI=1S/C16H24N4S/c1-5-12-7-8-21-13(12)10-18-15-9-14(17-6-2)19-16(20-15)11(3)4/h7-9,11H,5-6,10H2,1-4H3,(H2,17,18,19,20). The molecule has 0 radical (unpaired) electrons. The minimum Gasteiger partial charge on any atom is -0.370 e. The zero-order valence-corrected chi connectivity index (χ0v) is 14.0. The highest BCUT2D eigenvalue weighted by Crippen LogP contribution is 2.21. The number of aromatic nitrogens is 2. The molecule has 2 rings (SSSR count). The monoisotopic (exact) mass is 304 g/mol. The fraction of sp³-hybridized carbons (Fsp3) is 0.500. The van der Waals surface area contributed by atoms with E-state index in [1.54, 1.807) is 11.3 Å². The van der Waals surface area contributed by atoms with Crippen molar-refractivity contribution >= 4 is 23.0 Å². The number of thiophene rings is 1. The lowest BCUT2D eigenvalue weighted by atomic mass is 10.2. The average Bonchev–Trinajstić information content (AvgIpc) is 2.92. The smallest absolute Gasteiger partial charge is 0.135 e. The fourth-order valence-corrected chi connectivity index (χ4v) is 3.01. The molecule has 0 aliphatic rings. The van der Waals surface area contributed by atoms with Gasteiger partial charge in [0.1, 0.15) is 17.5 Å². The van der Waals surface area contributed by atoms with E-state index in [0.29, 0.717) is 5.92 Å². The quantitative estimate of drug-likeness (QED) is 0.802. The Kier molecular flexibility index (Phi) is 5.56. The van der Waals surface area contributed by atoms with Gasteiger partial charge >= 0.3 is 0 Å². The summed E-state index contributed by atoms with van der Waals surface area (Å²) in [6, 6.07) is 4.18. The van der Waals surface area contributed by atoms with Gasteiger partial charge in [-0.25, -0.2) is 9.97 Å². The molecule has 114 valence electrons. The summed E-state index contributed by atoms with van der Waals surface area (Å²) < 4.78 is 0. The maximum absolute atomic E-state index is 4.61. The van der Waals surface area contributed by atoms with Gasteiger partial charge < -0.3 is 10.6 Å². The number of nitrogens with one attached hydrogen (secondary N) is 2. The Labute approximate surface area is 131 Å². The third-order valence-electron chi connectivity index (χ3n) is 3.27. The van der Waals surface area contributed by atoms with E-state index < -0.39 is 0 Å². The first kappa shape index (κ1) is 15.8. The van der Waals surface area contributed by atoms with E-state index in [2.05, 4.69) is 59.7 Å². The van der Waals surface area contributed by atoms with Crippen molar-refractivity contribution in [1.82, 2.24) is 9.97 Å². The molecular weight excluding hydrogens is 280 g/mol. The molecular formula is C16H24N4S. The topological polar surface area (TPSA) is 49.8 Å². The Balaban J connectivity index is 2.15. The van der Waals surface area contributed by atoms with E-state index in [-0.39, 0.29) is 0 Å². The second kappa shape index (κ2) is 7.41. The highest BCUT2D eigenvalue weighted by molar-refractivity contribution is 7.10. The normalized spacial score (nSPS) is 10.9. The van der Waals surface area contributed by atoms with Gasteiger partial charge in [0.25, 0.3) is 0 Å². The Morgan fingerprint density at radius 2 is 1.86 bits per heavy atom. The van der Waals surface area contributed by atoms with Crippen molar-refractivity contribution in [2.45, 2.75) is 46.6 Å². The van der Waals surface area contributed by atoms with Crippen LogP contribution in [0.1, 0.15) is 49.9 Å². The largest absolute Gasteiger partial charge is 0.370 e. The zero-order chi connectivity index (χ0) is 15.2. The van der Waals surface area contributed by atoms with Crippen LogP contribution in [0.3, 0.4) is 0 Å². The molecule has 0 fully saturated rings. The van der Waals surface area contributed by atoms with Crippen molar-refractivity contribution in [3.8, 4) is 0 Å². The Morgan fingerprint density at radius 3 is 2.48 bits per heavy atom. The number of hydrogen-bond acceptors (Lipinski definition) is 5. The van der Waals surface area contributed by atoms with E-state index >= 15 is 0 Å². The van der Waals surface area contributed by atoms with Crippen molar-refractivity contribution in [2.24, 2.45) is 0 Å². The van der Waals surface area contributed by atoms with Crippen molar-refractivity contribution in [3.63, 3.8) is 0 Å². The molecule has 0 atom stereocenters. The predicted octanol–water partition coefficient (Wildman–Crippen LogP) is 4.27. The van der Waals surface area contributed by atoms with Gasteiger partial charge in [-0.3, -0.25) is 0 Å². The van der Waals surface area contributed by atoms with E-state index in [0.717, 1.165) is 37.0 Å². The van der Waals surface area contributed by atoms with E-state index in [1.165, 1.54) is 10.4 Å². The van der Waals surface area contributed by atoms with E-state index in [9.17, 15) is 0 Å². The summed E-state index contributed by atoms with van der Waals surface area (Å²) in [6.45, 7) is 10.2. The summed E-state index contributed by atoms with van der Waals surface area (Å²) in [6.07, 6.45) is 1.07. The van der Waals surface area contributed by atoms with Crippen LogP contribution >= 0.6 is 11.3 Å². The van der Waals surface area contributed by atoms with Crippen LogP contribution in [-0.2, 0) is 13.0 Å². The van der Waals surface area contributed by atoms with Crippen molar-refractivity contribution < 1.29 is 0 Å². The number of hydrogen-bond donors (Lipinski definition) is 2. The maximum atomic E-state index is 4.61. The van der Waals surface area contributed by atoms with Gasteiger partial charge in [-0.2, -0.15) is 0 Å². The summed E-state index contributed by atoms with van der Waals surface area (Å²) in [4.78, 5) is 10.5. The zero-order valence-electron chi connectivity index (χ0n) is 13.2. The van der Waals surface area contributed by atoms with Crippen molar-refractivity contribution in [2.75, 3.05) is 17.2 Å². The van der Waals surface area contributed by atoms with Gasteiger partial charge in [-0.15, -0.1) is 11.3 Å². The molecule has 2 aromatic rings. The predicted molar refractivity (Wildman–Crippen MR) is 91.3 cm³/mol. The van der Waals surface area contributed by atoms with Gasteiger partial charge in [0, 0.05) is 23.4 Å². The molecule has 0 amide bonds. The second-order valence-electron chi connectivity index (χ2n) is 5.26. The Bertz CT molecular complexity index is 577. The van der Waals surface area contributed by atoms with E-state index in [4.69, 9.17) is 0 Å². The van der Waals surface area contributed by atoms with Gasteiger partial charge in [-0.1, -0.05) is 20.8 Å². The van der Waals surface area contributed by atoms with E-state index in [1.807, 2.05) is 6.07 Å². The molecule has 21 heavy (non-hydrogen) atoms. The summed E-state index contributed by atoms with van der Waals surface area (Å²) in [5, 5.41) is 8.86. The molecule has 0 unspecified atom stereocenters. The number of rotatable bonds is 7. The van der Waals surface area contributed by atoms with Gasteiger partial charge in [0.2, 0.25) is 0 Å². The molecule has 0 aromatic carbocycles. The summed E-state index contributed by atoms with van der Waals surface area (Å²) in [5.74, 6) is 2.97. The molecule has 0 aliphatic heterocycles. The van der Waals surface area contributed by atoms with Crippen LogP contribution in [-0.4, -0.2) is 16.5 Å². The molecule has 2 heterocycles. The molecule has 4 nitrogen and oxygen atoms in total. The van der Waals surface area contributed by atoms with Crippen LogP contribution < -0.4 is 10.6 Å². The molecule has 0 saturated carbocycles. The lowest BCUT2D eigenvalue weighted by molar-refractivity contribution is 0.775. The number of aryl methyl sites for hydroxylation is 1. The van der Waals surface area contributed by atoms with Gasteiger partial charge in [-0.05, 0) is 30.4 Å². The molecule has 0 saturated heterocycles. The van der Waals surface area contributed by atoms with Crippen LogP contribution in [0.2, 0.25) is 0 Å². The number of anilines is 2. The number of nitrogens with zero attached hydrogens (tertiary/aromatic N) is 2. The first-order valence-corrected chi connectivity index (χ1v) is 8.44. The Morgan fingerprint density at radius 1 is 1.14 bits per heavy atom. The summed E-state index contributed by atoms with van der Waals surface area (Å²) in [7, 11) is 0. The molecule has 5 heteroatoms. The lowest BCUT2D eigenvalue weighted by Gasteiger charge is -2.12. The third kappa shape index (κ3) is 4.17. The van der Waals surface area contributed by atoms with Crippen LogP contribution in [0.5, 0.6) is 0 Å². The van der Waals surface area contributed by atoms with Crippen molar-refractivity contribution in [3.05, 3.63) is 33.8 Å². The maximum Gasteiger partial charge on any atom is 0.135 e.